The third-order valence-corrected chi connectivity index (χ3v) is 5.16. The molecule has 0 radical (unpaired) electrons. The van der Waals surface area contributed by atoms with Gasteiger partial charge < -0.3 is 15.0 Å². The van der Waals surface area contributed by atoms with E-state index in [0.717, 1.165) is 22.4 Å². The number of amides is 2. The number of aromatic nitrogens is 1. The van der Waals surface area contributed by atoms with Crippen molar-refractivity contribution in [2.75, 3.05) is 19.7 Å². The number of ether oxygens (including phenoxy) is 1. The standard InChI is InChI=1S/C22H27N3O3/c1-16-5-3-6-17(2)21(16)28-15-20(26)25-11-8-19(9-12-25)22(27)24-14-18-7-4-10-23-13-18/h3-7,10,13,19H,8-9,11-12,14-15H2,1-2H3,(H,24,27). The number of carbonyl (C=O) groups is 2. The van der Waals surface area contributed by atoms with E-state index in [2.05, 4.69) is 10.3 Å². The monoisotopic (exact) mass is 381 g/mol. The number of piperidine rings is 1. The summed E-state index contributed by atoms with van der Waals surface area (Å²) in [5.41, 5.74) is 3.03. The second kappa shape index (κ2) is 9.35. The molecule has 0 bridgehead atoms. The van der Waals surface area contributed by atoms with Crippen molar-refractivity contribution in [3.8, 4) is 5.75 Å². The Labute approximate surface area is 165 Å². The van der Waals surface area contributed by atoms with Crippen LogP contribution in [0.25, 0.3) is 0 Å². The molecule has 0 unspecified atom stereocenters. The highest BCUT2D eigenvalue weighted by Crippen LogP contribution is 2.23. The van der Waals surface area contributed by atoms with Crippen molar-refractivity contribution in [2.24, 2.45) is 5.92 Å². The van der Waals surface area contributed by atoms with Crippen molar-refractivity contribution >= 4 is 11.8 Å². The molecule has 28 heavy (non-hydrogen) atoms. The van der Waals surface area contributed by atoms with Gasteiger partial charge in [-0.2, -0.15) is 0 Å². The first-order valence-corrected chi connectivity index (χ1v) is 9.68. The van der Waals surface area contributed by atoms with Crippen LogP contribution < -0.4 is 10.1 Å². The average molecular weight is 381 g/mol. The Morgan fingerprint density at radius 2 is 1.86 bits per heavy atom. The minimum atomic E-state index is -0.0553. The summed E-state index contributed by atoms with van der Waals surface area (Å²) in [6.45, 7) is 5.63. The van der Waals surface area contributed by atoms with E-state index in [1.54, 1.807) is 17.3 Å². The Kier molecular flexibility index (Phi) is 6.63. The highest BCUT2D eigenvalue weighted by molar-refractivity contribution is 5.80. The first kappa shape index (κ1) is 19.9. The van der Waals surface area contributed by atoms with Gasteiger partial charge in [-0.05, 0) is 49.4 Å². The van der Waals surface area contributed by atoms with E-state index in [-0.39, 0.29) is 24.3 Å². The largest absolute Gasteiger partial charge is 0.483 e. The number of nitrogens with zero attached hydrogens (tertiary/aromatic N) is 2. The number of likely N-dealkylation sites (tertiary alicyclic amines) is 1. The first-order chi connectivity index (χ1) is 13.5. The second-order valence-electron chi connectivity index (χ2n) is 7.24. The van der Waals surface area contributed by atoms with Gasteiger partial charge in [-0.1, -0.05) is 24.3 Å². The first-order valence-electron chi connectivity index (χ1n) is 9.68. The zero-order valence-corrected chi connectivity index (χ0v) is 16.5. The summed E-state index contributed by atoms with van der Waals surface area (Å²) in [5, 5.41) is 2.96. The number of aryl methyl sites for hydroxylation is 2. The normalized spacial score (nSPS) is 14.6. The highest BCUT2D eigenvalue weighted by Gasteiger charge is 2.27. The Morgan fingerprint density at radius 3 is 2.50 bits per heavy atom. The van der Waals surface area contributed by atoms with E-state index in [9.17, 15) is 9.59 Å². The van der Waals surface area contributed by atoms with Gasteiger partial charge in [-0.25, -0.2) is 0 Å². The van der Waals surface area contributed by atoms with Gasteiger partial charge in [0, 0.05) is 37.9 Å². The lowest BCUT2D eigenvalue weighted by Gasteiger charge is -2.31. The molecule has 0 aliphatic carbocycles. The van der Waals surface area contributed by atoms with Gasteiger partial charge in [-0.3, -0.25) is 14.6 Å². The van der Waals surface area contributed by atoms with Crippen molar-refractivity contribution < 1.29 is 14.3 Å². The number of rotatable bonds is 6. The van der Waals surface area contributed by atoms with E-state index in [1.165, 1.54) is 0 Å². The maximum Gasteiger partial charge on any atom is 0.260 e. The van der Waals surface area contributed by atoms with Gasteiger partial charge >= 0.3 is 0 Å². The van der Waals surface area contributed by atoms with E-state index >= 15 is 0 Å². The van der Waals surface area contributed by atoms with Gasteiger partial charge in [0.15, 0.2) is 6.61 Å². The van der Waals surface area contributed by atoms with Crippen molar-refractivity contribution in [3.63, 3.8) is 0 Å². The molecule has 0 spiro atoms. The number of benzene rings is 1. The summed E-state index contributed by atoms with van der Waals surface area (Å²) in [5.74, 6) is 0.736. The van der Waals surface area contributed by atoms with Crippen molar-refractivity contribution in [1.29, 1.82) is 0 Å². The third-order valence-electron chi connectivity index (χ3n) is 5.16. The molecule has 1 aromatic heterocycles. The van der Waals surface area contributed by atoms with E-state index < -0.39 is 0 Å². The fourth-order valence-electron chi connectivity index (χ4n) is 3.48. The molecule has 1 aromatic carbocycles. The quantitative estimate of drug-likeness (QED) is 0.835. The number of carbonyl (C=O) groups excluding carboxylic acids is 2. The molecule has 2 amide bonds. The summed E-state index contributed by atoms with van der Waals surface area (Å²) in [7, 11) is 0. The van der Waals surface area contributed by atoms with Gasteiger partial charge in [0.25, 0.3) is 5.91 Å². The molecule has 2 aromatic rings. The molecular formula is C22H27N3O3. The van der Waals surface area contributed by atoms with Crippen LogP contribution in [0.15, 0.2) is 42.7 Å². The zero-order chi connectivity index (χ0) is 19.9. The van der Waals surface area contributed by atoms with Crippen LogP contribution in [-0.2, 0) is 16.1 Å². The summed E-state index contributed by atoms with van der Waals surface area (Å²) in [6.07, 6.45) is 4.81. The molecule has 0 saturated carbocycles. The van der Waals surface area contributed by atoms with E-state index in [0.29, 0.717) is 32.5 Å². The van der Waals surface area contributed by atoms with E-state index in [4.69, 9.17) is 4.74 Å². The summed E-state index contributed by atoms with van der Waals surface area (Å²) < 4.78 is 5.77. The molecule has 0 atom stereocenters. The number of nitrogens with one attached hydrogen (secondary N) is 1. The molecular weight excluding hydrogens is 354 g/mol. The van der Waals surface area contributed by atoms with Gasteiger partial charge in [-0.15, -0.1) is 0 Å². The summed E-state index contributed by atoms with van der Waals surface area (Å²) in [4.78, 5) is 30.7. The summed E-state index contributed by atoms with van der Waals surface area (Å²) >= 11 is 0. The summed E-state index contributed by atoms with van der Waals surface area (Å²) in [6, 6.07) is 9.71. The molecule has 1 aliphatic heterocycles. The highest BCUT2D eigenvalue weighted by atomic mass is 16.5. The van der Waals surface area contributed by atoms with Crippen LogP contribution in [0.4, 0.5) is 0 Å². The molecule has 6 heteroatoms. The van der Waals surface area contributed by atoms with Crippen LogP contribution in [0.3, 0.4) is 0 Å². The van der Waals surface area contributed by atoms with Gasteiger partial charge in [0.1, 0.15) is 5.75 Å². The Balaban J connectivity index is 1.43. The van der Waals surface area contributed by atoms with Crippen LogP contribution in [0.5, 0.6) is 5.75 Å². The van der Waals surface area contributed by atoms with Crippen LogP contribution in [-0.4, -0.2) is 41.4 Å². The zero-order valence-electron chi connectivity index (χ0n) is 16.5. The lowest BCUT2D eigenvalue weighted by molar-refractivity contribution is -0.137. The smallest absolute Gasteiger partial charge is 0.260 e. The van der Waals surface area contributed by atoms with Crippen molar-refractivity contribution in [2.45, 2.75) is 33.2 Å². The molecule has 3 rings (SSSR count). The molecule has 1 N–H and O–H groups in total. The maximum absolute atomic E-state index is 12.5. The van der Waals surface area contributed by atoms with Crippen LogP contribution in [0.1, 0.15) is 29.5 Å². The van der Waals surface area contributed by atoms with E-state index in [1.807, 2.05) is 44.2 Å². The minimum absolute atomic E-state index is 0.0307. The SMILES string of the molecule is Cc1cccc(C)c1OCC(=O)N1CCC(C(=O)NCc2cccnc2)CC1. The minimum Gasteiger partial charge on any atom is -0.483 e. The molecule has 1 aliphatic rings. The predicted octanol–water partition coefficient (Wildman–Crippen LogP) is 2.63. The van der Waals surface area contributed by atoms with Gasteiger partial charge in [0.2, 0.25) is 5.91 Å². The second-order valence-corrected chi connectivity index (χ2v) is 7.24. The Morgan fingerprint density at radius 1 is 1.14 bits per heavy atom. The topological polar surface area (TPSA) is 71.5 Å². The number of pyridine rings is 1. The molecule has 148 valence electrons. The third kappa shape index (κ3) is 5.09. The van der Waals surface area contributed by atoms with Gasteiger partial charge in [0.05, 0.1) is 0 Å². The van der Waals surface area contributed by atoms with Crippen molar-refractivity contribution in [1.82, 2.24) is 15.2 Å². The predicted molar refractivity (Wildman–Crippen MR) is 107 cm³/mol. The number of para-hydroxylation sites is 1. The lowest BCUT2D eigenvalue weighted by Crippen LogP contribution is -2.44. The van der Waals surface area contributed by atoms with Crippen LogP contribution >= 0.6 is 0 Å². The Hall–Kier alpha value is -2.89. The molecule has 1 fully saturated rings. The number of hydrogen-bond donors (Lipinski definition) is 1. The maximum atomic E-state index is 12.5. The molecule has 1 saturated heterocycles. The average Bonchev–Trinajstić information content (AvgIpc) is 2.72. The number of hydrogen-bond acceptors (Lipinski definition) is 4. The van der Waals surface area contributed by atoms with Crippen molar-refractivity contribution in [3.05, 3.63) is 59.4 Å². The fraction of sp³-hybridized carbons (Fsp3) is 0.409. The van der Waals surface area contributed by atoms with Crippen LogP contribution in [0.2, 0.25) is 0 Å². The Bertz CT molecular complexity index is 795. The molecule has 6 nitrogen and oxygen atoms in total. The fourth-order valence-corrected chi connectivity index (χ4v) is 3.48. The molecule has 2 heterocycles. The van der Waals surface area contributed by atoms with Crippen LogP contribution in [0, 0.1) is 19.8 Å². The lowest BCUT2D eigenvalue weighted by atomic mass is 9.96.